The van der Waals surface area contributed by atoms with Gasteiger partial charge < -0.3 is 10.2 Å². The lowest BCUT2D eigenvalue weighted by Crippen LogP contribution is -2.34. The second kappa shape index (κ2) is 5.87. The minimum Gasteiger partial charge on any atom is -0.352 e. The summed E-state index contributed by atoms with van der Waals surface area (Å²) < 4.78 is 0. The van der Waals surface area contributed by atoms with Crippen LogP contribution in [-0.4, -0.2) is 30.8 Å². The fourth-order valence-electron chi connectivity index (χ4n) is 1.52. The second-order valence-electron chi connectivity index (χ2n) is 5.83. The van der Waals surface area contributed by atoms with E-state index in [2.05, 4.69) is 5.32 Å². The van der Waals surface area contributed by atoms with Gasteiger partial charge in [-0.2, -0.15) is 0 Å². The quantitative estimate of drug-likeness (QED) is 0.906. The van der Waals surface area contributed by atoms with E-state index >= 15 is 0 Å². The minimum absolute atomic E-state index is 0.00293. The lowest BCUT2D eigenvalue weighted by molar-refractivity contribution is -0.128. The SMILES string of the molecule is CN(C)C(=O)c1cccc(CNC(=O)C(C)(C)C)c1. The highest BCUT2D eigenvalue weighted by Gasteiger charge is 2.20. The number of carbonyl (C=O) groups excluding carboxylic acids is 2. The Morgan fingerprint density at radius 1 is 1.21 bits per heavy atom. The van der Waals surface area contributed by atoms with E-state index in [0.29, 0.717) is 12.1 Å². The molecule has 0 heterocycles. The monoisotopic (exact) mass is 262 g/mol. The summed E-state index contributed by atoms with van der Waals surface area (Å²) in [6.45, 7) is 6.04. The normalized spacial score (nSPS) is 11.0. The molecule has 1 aromatic carbocycles. The largest absolute Gasteiger partial charge is 0.352 e. The van der Waals surface area contributed by atoms with Crippen molar-refractivity contribution in [1.29, 1.82) is 0 Å². The van der Waals surface area contributed by atoms with Crippen molar-refractivity contribution in [2.45, 2.75) is 27.3 Å². The van der Waals surface area contributed by atoms with Gasteiger partial charge in [0.25, 0.3) is 5.91 Å². The molecule has 0 atom stereocenters. The van der Waals surface area contributed by atoms with Gasteiger partial charge in [-0.05, 0) is 17.7 Å². The molecule has 0 aliphatic heterocycles. The molecule has 4 nitrogen and oxygen atoms in total. The number of hydrogen-bond acceptors (Lipinski definition) is 2. The number of carbonyl (C=O) groups is 2. The molecule has 0 bridgehead atoms. The minimum atomic E-state index is -0.406. The molecule has 1 aromatic rings. The highest BCUT2D eigenvalue weighted by atomic mass is 16.2. The van der Waals surface area contributed by atoms with Crippen molar-refractivity contribution in [3.63, 3.8) is 0 Å². The zero-order valence-electron chi connectivity index (χ0n) is 12.3. The van der Waals surface area contributed by atoms with E-state index in [4.69, 9.17) is 0 Å². The van der Waals surface area contributed by atoms with Gasteiger partial charge in [-0.3, -0.25) is 9.59 Å². The summed E-state index contributed by atoms with van der Waals surface area (Å²) in [5.41, 5.74) is 1.15. The predicted octanol–water partition coefficient (Wildman–Crippen LogP) is 2.05. The maximum atomic E-state index is 11.8. The summed E-state index contributed by atoms with van der Waals surface area (Å²) in [5, 5.41) is 2.87. The van der Waals surface area contributed by atoms with Gasteiger partial charge in [0.15, 0.2) is 0 Å². The Labute approximate surface area is 114 Å². The number of hydrogen-bond donors (Lipinski definition) is 1. The molecule has 104 valence electrons. The zero-order chi connectivity index (χ0) is 14.6. The molecule has 19 heavy (non-hydrogen) atoms. The van der Waals surface area contributed by atoms with Crippen LogP contribution >= 0.6 is 0 Å². The first-order valence-corrected chi connectivity index (χ1v) is 6.30. The van der Waals surface area contributed by atoms with Crippen molar-refractivity contribution in [3.05, 3.63) is 35.4 Å². The average Bonchev–Trinajstić information content (AvgIpc) is 2.34. The topological polar surface area (TPSA) is 49.4 Å². The van der Waals surface area contributed by atoms with Crippen LogP contribution in [0.25, 0.3) is 0 Å². The van der Waals surface area contributed by atoms with Crippen LogP contribution < -0.4 is 5.32 Å². The van der Waals surface area contributed by atoms with Crippen molar-refractivity contribution in [1.82, 2.24) is 10.2 Å². The molecule has 0 spiro atoms. The maximum Gasteiger partial charge on any atom is 0.253 e. The Hall–Kier alpha value is -1.84. The molecule has 0 saturated heterocycles. The summed E-state index contributed by atoms with van der Waals surface area (Å²) in [6, 6.07) is 7.31. The second-order valence-corrected chi connectivity index (χ2v) is 5.83. The molecule has 2 amide bonds. The van der Waals surface area contributed by atoms with Gasteiger partial charge in [-0.1, -0.05) is 32.9 Å². The highest BCUT2D eigenvalue weighted by Crippen LogP contribution is 2.13. The van der Waals surface area contributed by atoms with Crippen LogP contribution in [0.1, 0.15) is 36.7 Å². The zero-order valence-corrected chi connectivity index (χ0v) is 12.3. The molecule has 4 heteroatoms. The molecule has 0 unspecified atom stereocenters. The Kier molecular flexibility index (Phi) is 4.70. The first kappa shape index (κ1) is 15.2. The van der Waals surface area contributed by atoms with E-state index in [0.717, 1.165) is 5.56 Å². The van der Waals surface area contributed by atoms with Gasteiger partial charge in [0.1, 0.15) is 0 Å². The van der Waals surface area contributed by atoms with Crippen LogP contribution in [0.2, 0.25) is 0 Å². The smallest absolute Gasteiger partial charge is 0.253 e. The molecule has 0 aliphatic rings. The molecule has 0 aliphatic carbocycles. The summed E-state index contributed by atoms with van der Waals surface area (Å²) in [6.07, 6.45) is 0. The first-order chi connectivity index (χ1) is 8.71. The van der Waals surface area contributed by atoms with E-state index in [1.165, 1.54) is 4.90 Å². The molecular formula is C15H22N2O2. The number of rotatable bonds is 3. The first-order valence-electron chi connectivity index (χ1n) is 6.30. The van der Waals surface area contributed by atoms with E-state index in [9.17, 15) is 9.59 Å². The standard InChI is InChI=1S/C15H22N2O2/c1-15(2,3)14(19)16-10-11-7-6-8-12(9-11)13(18)17(4)5/h6-9H,10H2,1-5H3,(H,16,19). The fourth-order valence-corrected chi connectivity index (χ4v) is 1.52. The van der Waals surface area contributed by atoms with E-state index < -0.39 is 5.41 Å². The Morgan fingerprint density at radius 3 is 2.37 bits per heavy atom. The van der Waals surface area contributed by atoms with Gasteiger partial charge in [0, 0.05) is 31.6 Å². The van der Waals surface area contributed by atoms with Crippen LogP contribution in [0.5, 0.6) is 0 Å². The van der Waals surface area contributed by atoms with Gasteiger partial charge >= 0.3 is 0 Å². The van der Waals surface area contributed by atoms with Crippen molar-refractivity contribution in [3.8, 4) is 0 Å². The lowest BCUT2D eigenvalue weighted by atomic mass is 9.95. The molecule has 1 N–H and O–H groups in total. The van der Waals surface area contributed by atoms with Crippen molar-refractivity contribution in [2.75, 3.05) is 14.1 Å². The number of amides is 2. The molecule has 0 saturated carbocycles. The molecule has 0 radical (unpaired) electrons. The summed E-state index contributed by atoms with van der Waals surface area (Å²) >= 11 is 0. The van der Waals surface area contributed by atoms with E-state index in [1.807, 2.05) is 39.0 Å². The lowest BCUT2D eigenvalue weighted by Gasteiger charge is -2.18. The van der Waals surface area contributed by atoms with Crippen LogP contribution in [-0.2, 0) is 11.3 Å². The Bertz CT molecular complexity index is 473. The van der Waals surface area contributed by atoms with Gasteiger partial charge in [0.05, 0.1) is 0 Å². The highest BCUT2D eigenvalue weighted by molar-refractivity contribution is 5.94. The third kappa shape index (κ3) is 4.39. The van der Waals surface area contributed by atoms with Crippen LogP contribution in [0.4, 0.5) is 0 Å². The van der Waals surface area contributed by atoms with E-state index in [-0.39, 0.29) is 11.8 Å². The van der Waals surface area contributed by atoms with Crippen molar-refractivity contribution >= 4 is 11.8 Å². The maximum absolute atomic E-state index is 11.8. The third-order valence-corrected chi connectivity index (χ3v) is 2.71. The third-order valence-electron chi connectivity index (χ3n) is 2.71. The predicted molar refractivity (Wildman–Crippen MR) is 75.8 cm³/mol. The summed E-state index contributed by atoms with van der Waals surface area (Å²) in [5.74, 6) is -0.0409. The van der Waals surface area contributed by atoms with E-state index in [1.54, 1.807) is 20.2 Å². The van der Waals surface area contributed by atoms with Crippen molar-refractivity contribution < 1.29 is 9.59 Å². The van der Waals surface area contributed by atoms with Gasteiger partial charge in [-0.25, -0.2) is 0 Å². The Balaban J connectivity index is 2.73. The van der Waals surface area contributed by atoms with Gasteiger partial charge in [0.2, 0.25) is 5.91 Å². The fraction of sp³-hybridized carbons (Fsp3) is 0.467. The molecule has 0 fully saturated rings. The summed E-state index contributed by atoms with van der Waals surface area (Å²) in [7, 11) is 3.44. The summed E-state index contributed by atoms with van der Waals surface area (Å²) in [4.78, 5) is 25.1. The number of benzene rings is 1. The van der Waals surface area contributed by atoms with Crippen LogP contribution in [0.15, 0.2) is 24.3 Å². The number of nitrogens with zero attached hydrogens (tertiary/aromatic N) is 1. The number of nitrogens with one attached hydrogen (secondary N) is 1. The Morgan fingerprint density at radius 2 is 1.84 bits per heavy atom. The molecule has 0 aromatic heterocycles. The van der Waals surface area contributed by atoms with Crippen LogP contribution in [0.3, 0.4) is 0 Å². The van der Waals surface area contributed by atoms with Gasteiger partial charge in [-0.15, -0.1) is 0 Å². The average molecular weight is 262 g/mol. The van der Waals surface area contributed by atoms with Crippen LogP contribution in [0, 0.1) is 5.41 Å². The molecule has 1 rings (SSSR count). The van der Waals surface area contributed by atoms with Crippen molar-refractivity contribution in [2.24, 2.45) is 5.41 Å². The molecular weight excluding hydrogens is 240 g/mol.